The van der Waals surface area contributed by atoms with E-state index < -0.39 is 9.84 Å². The minimum Gasteiger partial charge on any atom is -0.462 e. The molecule has 7 heterocycles. The Kier molecular flexibility index (Phi) is 33.1. The summed E-state index contributed by atoms with van der Waals surface area (Å²) in [6.45, 7) is 8.66. The van der Waals surface area contributed by atoms with E-state index in [0.717, 1.165) is 170 Å². The van der Waals surface area contributed by atoms with Gasteiger partial charge >= 0.3 is 30.3 Å². The topological polar surface area (TPSA) is 303 Å². The number of hydrogen-bond acceptors (Lipinski definition) is 18. The van der Waals surface area contributed by atoms with Crippen LogP contribution in [0.15, 0.2) is 195 Å². The Labute approximate surface area is 829 Å². The molecule has 3 aliphatic heterocycles. The van der Waals surface area contributed by atoms with Crippen LogP contribution in [0.4, 0.5) is 36.7 Å². The van der Waals surface area contributed by atoms with E-state index in [4.69, 9.17) is 23.7 Å². The number of rotatable bonds is 20. The molecule has 5 amide bonds. The summed E-state index contributed by atoms with van der Waals surface area (Å²) < 4.78 is 105. The number of fused-ring (bicyclic) bond motifs is 8. The van der Waals surface area contributed by atoms with Crippen LogP contribution < -0.4 is 21.3 Å². The smallest absolute Gasteiger partial charge is 0.407 e. The van der Waals surface area contributed by atoms with Gasteiger partial charge in [-0.15, -0.1) is 0 Å². The number of alkyl carbamates (subject to hydrolysis) is 4. The quantitative estimate of drug-likeness (QED) is 0.0313. The molecule has 8 aromatic rings. The summed E-state index contributed by atoms with van der Waals surface area (Å²) in [6.07, 6.45) is 40.2. The van der Waals surface area contributed by atoms with Gasteiger partial charge in [-0.05, 0) is 350 Å². The molecule has 9 saturated carbocycles. The number of halogens is 4. The van der Waals surface area contributed by atoms with Crippen molar-refractivity contribution >= 4 is 76.2 Å². The van der Waals surface area contributed by atoms with Crippen molar-refractivity contribution in [3.63, 3.8) is 0 Å². The van der Waals surface area contributed by atoms with Crippen LogP contribution in [0, 0.1) is 130 Å². The SMILES string of the molecule is CCOC(=O)N[C@@H]1CC[C@@H]2[C@@H](C1)C[C@@H]1[C@@H](CC(=O)N1C)[C@H]2/C=C/c1ccc(-c2cccc(F)c2)cn1.CCOC(=O)N[C@@H]1CC[C@@H]2[C@@H](C1)C[C@H]1CC(=O)C[C@H]1[C@H]2/C=C/c1ccc(-c2cccc(F)c2)cn1.CCOC(=O)N[C@@H]1CC[C@@H]2[C@@H](C1)C[C@H]1CS(=O)(=O)C[C@H]1[C@H]2/C=C/c1ccc(-c2cccc(F)c2)cn1.CCOC(=O)N[C@@H]1CC[C@@H]2[C@@H](C1)C[C@H]1OC(=O)C[C@H]1[C@H]2/C=C/c1ccc(-c2cccc(F)c2)cn1. The fourth-order valence-corrected chi connectivity index (χ4v) is 28.6. The van der Waals surface area contributed by atoms with Gasteiger partial charge in [0.15, 0.2) is 9.84 Å². The van der Waals surface area contributed by atoms with Gasteiger partial charge in [-0.25, -0.2) is 45.2 Å². The van der Waals surface area contributed by atoms with E-state index in [-0.39, 0.29) is 143 Å². The highest BCUT2D eigenvalue weighted by molar-refractivity contribution is 7.91. The minimum atomic E-state index is -3.04. The van der Waals surface area contributed by atoms with Crippen LogP contribution in [0.25, 0.3) is 68.8 Å². The van der Waals surface area contributed by atoms with Gasteiger partial charge in [0.25, 0.3) is 0 Å². The Bertz CT molecular complexity index is 5840. The minimum absolute atomic E-state index is 0.0666. The second-order valence-corrected chi connectivity index (χ2v) is 43.2. The number of esters is 1. The standard InChI is InChI=1S/C29H34FN3O3.C29H33FN2O3.C28H33FN2O4S.C28H31FN2O4/c1-3-36-29(35)32-23-10-11-24-20(14-23)15-27-26(16-28(34)33(27)2)25(24)12-9-22-8-7-19(17-31-22)18-5-4-6-21(30)13-18;1-2-35-29(34)32-24-9-10-26-20(14-24)12-21-15-25(33)16-28(21)27(26)11-8-23-7-6-19(17-31-23)18-4-3-5-22(30)13-18;1-2-35-28(32)31-24-9-10-25-20(14-24)12-21-16-36(33,34)17-27(21)26(25)11-8-23-7-6-19(15-30-23)18-4-3-5-22(29)13-18;1-2-34-28(33)31-22-9-10-23-19(13-22)14-26-25(15-27(32)35-26)24(23)11-8-21-7-6-18(16-30-21)17-4-3-5-20(29)12-17/h4-9,12-13,17,20,23-27H,3,10-11,14-16H2,1-2H3,(H,32,35);3-8,11,13,17,20-21,24,26-28H,2,9-10,12,14-16H2,1H3,(H,32,34);3-8,11,13,15,20-21,24-27H,2,9-10,12,14,16-17H2,1H3,(H,31,32);3-8,11-12,16,19,22-26H,2,9-10,13-15H2,1H3,(H,31,33)/b12-9+;3*11-8+/t20-,23+,24+,25-,26-,27+;20-,21+,24-,26-,27+,28-;20-,21+,24-,25-,26+,27-;19-,22+,23+,24-,25-,26+/m0110/s1. The van der Waals surface area contributed by atoms with E-state index >= 15 is 0 Å². The molecule has 4 aromatic carbocycles. The summed E-state index contributed by atoms with van der Waals surface area (Å²) in [5.74, 6) is 6.11. The lowest BCUT2D eigenvalue weighted by atomic mass is 9.58. The van der Waals surface area contributed by atoms with Gasteiger partial charge in [-0.3, -0.25) is 34.3 Å². The van der Waals surface area contributed by atoms with E-state index in [1.807, 2.05) is 111 Å². The summed E-state index contributed by atoms with van der Waals surface area (Å²) in [4.78, 5) is 105. The molecule has 20 rings (SSSR count). The Morgan fingerprint density at radius 3 is 1.06 bits per heavy atom. The highest BCUT2D eigenvalue weighted by atomic mass is 32.2. The Morgan fingerprint density at radius 2 is 0.704 bits per heavy atom. The molecule has 3 saturated heterocycles. The molecule has 0 spiro atoms. The zero-order chi connectivity index (χ0) is 99.2. The highest BCUT2D eigenvalue weighted by Gasteiger charge is 2.56. The number of benzene rings is 4. The number of ether oxygens (including phenoxy) is 5. The predicted octanol–water partition coefficient (Wildman–Crippen LogP) is 21.8. The molecule has 0 bridgehead atoms. The van der Waals surface area contributed by atoms with Crippen LogP contribution in [0.3, 0.4) is 0 Å². The molecule has 4 aromatic heterocycles. The second-order valence-electron chi connectivity index (χ2n) is 41.0. The lowest BCUT2D eigenvalue weighted by Crippen LogP contribution is -2.50. The Balaban J connectivity index is 0.000000130. The number of allylic oxidation sites excluding steroid dienone is 4. The van der Waals surface area contributed by atoms with Crippen molar-refractivity contribution in [3.05, 3.63) is 241 Å². The van der Waals surface area contributed by atoms with E-state index in [9.17, 15) is 59.5 Å². The number of ketones is 1. The Hall–Kier alpha value is -12.2. The molecular formula is C114H131F4N9O14S. The predicted molar refractivity (Wildman–Crippen MR) is 536 cm³/mol. The van der Waals surface area contributed by atoms with Crippen molar-refractivity contribution in [2.45, 2.75) is 192 Å². The van der Waals surface area contributed by atoms with Gasteiger partial charge in [0.2, 0.25) is 5.91 Å². The molecule has 142 heavy (non-hydrogen) atoms. The molecule has 0 unspecified atom stereocenters. The van der Waals surface area contributed by atoms with Crippen LogP contribution >= 0.6 is 0 Å². The van der Waals surface area contributed by atoms with Crippen molar-refractivity contribution in [1.82, 2.24) is 46.1 Å². The Morgan fingerprint density at radius 1 is 0.366 bits per heavy atom. The maximum atomic E-state index is 13.6. The number of sulfone groups is 1. The molecule has 9 aliphatic carbocycles. The summed E-state index contributed by atoms with van der Waals surface area (Å²) in [6, 6.07) is 42.2. The fraction of sp³-hybridized carbons (Fsp3) is 0.482. The third-order valence-electron chi connectivity index (χ3n) is 32.6. The summed E-state index contributed by atoms with van der Waals surface area (Å²) in [7, 11) is -1.11. The lowest BCUT2D eigenvalue weighted by molar-refractivity contribution is -0.143. The first kappa shape index (κ1) is 101. The number of carbonyl (C=O) groups excluding carboxylic acids is 7. The second kappa shape index (κ2) is 46.5. The summed E-state index contributed by atoms with van der Waals surface area (Å²) >= 11 is 0. The summed E-state index contributed by atoms with van der Waals surface area (Å²) in [5, 5.41) is 12.1. The van der Waals surface area contributed by atoms with Crippen molar-refractivity contribution in [2.24, 2.45) is 107 Å². The van der Waals surface area contributed by atoms with Crippen LogP contribution in [0.5, 0.6) is 0 Å². The first-order valence-corrected chi connectivity index (χ1v) is 53.1. The number of Topliss-reactive ketones (excluding diaryl/α,β-unsaturated/α-hetero) is 1. The van der Waals surface area contributed by atoms with Gasteiger partial charge < -0.3 is 49.9 Å². The molecular weight excluding hydrogens is 1830 g/mol. The van der Waals surface area contributed by atoms with Crippen molar-refractivity contribution in [3.8, 4) is 44.5 Å². The van der Waals surface area contributed by atoms with Gasteiger partial charge in [0.1, 0.15) is 35.2 Å². The zero-order valence-electron chi connectivity index (χ0n) is 81.4. The monoisotopic (exact) mass is 1960 g/mol. The number of carbonyl (C=O) groups is 7. The normalized spacial score (nSPS) is 30.1. The molecule has 750 valence electrons. The van der Waals surface area contributed by atoms with Crippen molar-refractivity contribution < 1.29 is 83.2 Å². The van der Waals surface area contributed by atoms with E-state index in [1.165, 1.54) is 48.5 Å². The van der Waals surface area contributed by atoms with Gasteiger partial charge in [-0.1, -0.05) is 97.1 Å². The molecule has 24 atom stereocenters. The van der Waals surface area contributed by atoms with E-state index in [2.05, 4.69) is 77.7 Å². The van der Waals surface area contributed by atoms with Gasteiger partial charge in [0, 0.05) is 109 Å². The van der Waals surface area contributed by atoms with Crippen LogP contribution in [-0.2, 0) is 47.9 Å². The number of pyridine rings is 4. The fourth-order valence-electron chi connectivity index (χ4n) is 26.3. The maximum Gasteiger partial charge on any atom is 0.407 e. The van der Waals surface area contributed by atoms with Crippen molar-refractivity contribution in [1.29, 1.82) is 0 Å². The molecule has 28 heteroatoms. The maximum absolute atomic E-state index is 13.6. The number of nitrogens with one attached hydrogen (secondary N) is 4. The van der Waals surface area contributed by atoms with Gasteiger partial charge in [-0.2, -0.15) is 0 Å². The zero-order valence-corrected chi connectivity index (χ0v) is 82.2. The largest absolute Gasteiger partial charge is 0.462 e. The molecule has 23 nitrogen and oxygen atoms in total. The van der Waals surface area contributed by atoms with E-state index in [0.29, 0.717) is 129 Å². The van der Waals surface area contributed by atoms with Crippen LogP contribution in [-0.4, -0.2) is 157 Å². The first-order chi connectivity index (χ1) is 68.7. The first-order valence-electron chi connectivity index (χ1n) is 51.2. The van der Waals surface area contributed by atoms with Crippen LogP contribution in [0.1, 0.15) is 179 Å². The van der Waals surface area contributed by atoms with Crippen molar-refractivity contribution in [2.75, 3.05) is 45.0 Å². The van der Waals surface area contributed by atoms with Crippen LogP contribution in [0.2, 0.25) is 0 Å². The summed E-state index contributed by atoms with van der Waals surface area (Å²) in [5.41, 5.74) is 9.99. The molecule has 12 fully saturated rings. The third-order valence-corrected chi connectivity index (χ3v) is 34.4. The number of hydrogen-bond donors (Lipinski definition) is 4. The number of amides is 5. The van der Waals surface area contributed by atoms with E-state index in [1.54, 1.807) is 62.9 Å². The molecule has 4 N–H and O–H groups in total. The number of likely N-dealkylation sites (tertiary alicyclic amines) is 1. The number of aromatic nitrogens is 4. The van der Waals surface area contributed by atoms with Gasteiger partial charge in [0.05, 0.1) is 67.1 Å². The molecule has 0 radical (unpaired) electrons. The average molecular weight is 1960 g/mol. The molecule has 12 aliphatic rings. The average Bonchev–Trinajstić information content (AvgIpc) is 1.59. The third kappa shape index (κ3) is 25.2. The highest BCUT2D eigenvalue weighted by Crippen LogP contribution is 2.58. The lowest BCUT2D eigenvalue weighted by Gasteiger charge is -2.49. The number of nitrogens with zero attached hydrogens (tertiary/aromatic N) is 5.